The zero-order valence-electron chi connectivity index (χ0n) is 11.5. The van der Waals surface area contributed by atoms with Gasteiger partial charge in [-0.15, -0.1) is 11.3 Å². The van der Waals surface area contributed by atoms with Crippen molar-refractivity contribution in [2.75, 3.05) is 10.6 Å². The van der Waals surface area contributed by atoms with E-state index >= 15 is 0 Å². The molecule has 1 heterocycles. The number of thiophene rings is 1. The van der Waals surface area contributed by atoms with Crippen molar-refractivity contribution in [2.24, 2.45) is 0 Å². The highest BCUT2D eigenvalue weighted by Crippen LogP contribution is 2.31. The molecule has 3 rings (SSSR count). The first-order chi connectivity index (χ1) is 10.7. The Kier molecular flexibility index (Phi) is 4.42. The van der Waals surface area contributed by atoms with Gasteiger partial charge < -0.3 is 5.32 Å². The monoisotopic (exact) mass is 328 g/mol. The second kappa shape index (κ2) is 6.64. The average Bonchev–Trinajstić information content (AvgIpc) is 2.99. The van der Waals surface area contributed by atoms with Crippen molar-refractivity contribution in [1.29, 1.82) is 0 Å². The number of carbonyl (C=O) groups excluding carboxylic acids is 1. The lowest BCUT2D eigenvalue weighted by molar-refractivity contribution is 0.262. The molecule has 3 nitrogen and oxygen atoms in total. The van der Waals surface area contributed by atoms with Gasteiger partial charge in [-0.1, -0.05) is 41.9 Å². The maximum atomic E-state index is 12.0. The van der Waals surface area contributed by atoms with Gasteiger partial charge in [0.15, 0.2) is 0 Å². The van der Waals surface area contributed by atoms with Gasteiger partial charge in [-0.05, 0) is 42.0 Å². The Morgan fingerprint density at radius 2 is 1.59 bits per heavy atom. The fourth-order valence-electron chi connectivity index (χ4n) is 1.97. The molecular formula is C17H13ClN2OS. The molecular weight excluding hydrogens is 316 g/mol. The number of anilines is 2. The molecule has 0 bridgehead atoms. The van der Waals surface area contributed by atoms with E-state index in [0.29, 0.717) is 10.7 Å². The minimum Gasteiger partial charge on any atom is -0.308 e. The molecule has 0 spiro atoms. The van der Waals surface area contributed by atoms with Gasteiger partial charge in [-0.2, -0.15) is 0 Å². The van der Waals surface area contributed by atoms with Crippen LogP contribution in [0.4, 0.5) is 15.5 Å². The lowest BCUT2D eigenvalue weighted by Crippen LogP contribution is -2.18. The van der Waals surface area contributed by atoms with Crippen LogP contribution in [0.2, 0.25) is 5.02 Å². The summed E-state index contributed by atoms with van der Waals surface area (Å²) in [6, 6.07) is 20.7. The van der Waals surface area contributed by atoms with Gasteiger partial charge in [0.05, 0.1) is 5.00 Å². The fraction of sp³-hybridized carbons (Fsp3) is 0. The Labute approximate surface area is 137 Å². The first kappa shape index (κ1) is 14.6. The largest absolute Gasteiger partial charge is 0.324 e. The molecule has 0 saturated carbocycles. The summed E-state index contributed by atoms with van der Waals surface area (Å²) in [5.41, 5.74) is 1.83. The van der Waals surface area contributed by atoms with Gasteiger partial charge in [0.25, 0.3) is 0 Å². The van der Waals surface area contributed by atoms with Crippen molar-refractivity contribution >= 4 is 39.7 Å². The van der Waals surface area contributed by atoms with Crippen molar-refractivity contribution in [3.63, 3.8) is 0 Å². The molecule has 0 aliphatic rings. The Bertz CT molecular complexity index is 769. The van der Waals surface area contributed by atoms with Gasteiger partial charge in [-0.25, -0.2) is 4.79 Å². The number of hydrogen-bond donors (Lipinski definition) is 2. The first-order valence-corrected chi connectivity index (χ1v) is 7.89. The van der Waals surface area contributed by atoms with Crippen LogP contribution in [0, 0.1) is 0 Å². The fourth-order valence-corrected chi connectivity index (χ4v) is 3.00. The van der Waals surface area contributed by atoms with E-state index < -0.39 is 0 Å². The summed E-state index contributed by atoms with van der Waals surface area (Å²) in [4.78, 5) is 13.1. The molecule has 2 amide bonds. The number of rotatable bonds is 3. The Morgan fingerprint density at radius 1 is 0.864 bits per heavy atom. The van der Waals surface area contributed by atoms with Gasteiger partial charge in [0.2, 0.25) is 0 Å². The Morgan fingerprint density at radius 3 is 2.32 bits per heavy atom. The predicted molar refractivity (Wildman–Crippen MR) is 93.8 cm³/mol. The molecule has 0 aliphatic heterocycles. The van der Waals surface area contributed by atoms with E-state index in [-0.39, 0.29) is 6.03 Å². The maximum absolute atomic E-state index is 12.0. The third-order valence-corrected chi connectivity index (χ3v) is 4.30. The third-order valence-electron chi connectivity index (χ3n) is 3.00. The normalized spacial score (nSPS) is 10.2. The summed E-state index contributed by atoms with van der Waals surface area (Å²) < 4.78 is 0. The van der Waals surface area contributed by atoms with Crippen LogP contribution in [0.15, 0.2) is 66.7 Å². The van der Waals surface area contributed by atoms with E-state index in [9.17, 15) is 4.79 Å². The van der Waals surface area contributed by atoms with E-state index in [0.717, 1.165) is 15.4 Å². The van der Waals surface area contributed by atoms with Crippen molar-refractivity contribution in [3.05, 3.63) is 71.8 Å². The number of benzene rings is 2. The predicted octanol–water partition coefficient (Wildman–Crippen LogP) is 5.71. The summed E-state index contributed by atoms with van der Waals surface area (Å²) in [7, 11) is 0. The molecule has 0 saturated heterocycles. The molecule has 5 heteroatoms. The molecule has 0 fully saturated rings. The topological polar surface area (TPSA) is 41.1 Å². The van der Waals surface area contributed by atoms with Crippen LogP contribution in [0.3, 0.4) is 0 Å². The number of hydrogen-bond acceptors (Lipinski definition) is 2. The molecule has 1 aromatic heterocycles. The summed E-state index contributed by atoms with van der Waals surface area (Å²) in [6.07, 6.45) is 0. The van der Waals surface area contributed by atoms with Gasteiger partial charge >= 0.3 is 6.03 Å². The lowest BCUT2D eigenvalue weighted by Gasteiger charge is -2.05. The molecule has 3 aromatic rings. The van der Waals surface area contributed by atoms with E-state index in [1.807, 2.05) is 42.5 Å². The van der Waals surface area contributed by atoms with Crippen LogP contribution in [-0.4, -0.2) is 6.03 Å². The quantitative estimate of drug-likeness (QED) is 0.635. The highest BCUT2D eigenvalue weighted by molar-refractivity contribution is 7.19. The minimum absolute atomic E-state index is 0.274. The van der Waals surface area contributed by atoms with E-state index in [2.05, 4.69) is 10.6 Å². The molecule has 2 N–H and O–H groups in total. The maximum Gasteiger partial charge on any atom is 0.324 e. The number of halogens is 1. The number of carbonyl (C=O) groups is 1. The number of urea groups is 1. The van der Waals surface area contributed by atoms with Gasteiger partial charge in [-0.3, -0.25) is 5.32 Å². The molecule has 0 radical (unpaired) electrons. The van der Waals surface area contributed by atoms with Crippen molar-refractivity contribution in [2.45, 2.75) is 0 Å². The van der Waals surface area contributed by atoms with Crippen LogP contribution in [0.5, 0.6) is 0 Å². The SMILES string of the molecule is O=C(Nc1ccc(Cl)cc1)Nc1ccc(-c2ccccc2)s1. The molecule has 22 heavy (non-hydrogen) atoms. The summed E-state index contributed by atoms with van der Waals surface area (Å²) in [5, 5.41) is 7.03. The van der Waals surface area contributed by atoms with E-state index in [4.69, 9.17) is 11.6 Å². The van der Waals surface area contributed by atoms with Crippen LogP contribution in [-0.2, 0) is 0 Å². The second-order valence-electron chi connectivity index (χ2n) is 4.62. The highest BCUT2D eigenvalue weighted by Gasteiger charge is 2.06. The molecule has 0 unspecified atom stereocenters. The zero-order valence-corrected chi connectivity index (χ0v) is 13.1. The molecule has 0 aliphatic carbocycles. The summed E-state index contributed by atoms with van der Waals surface area (Å²) in [6.45, 7) is 0. The van der Waals surface area contributed by atoms with Gasteiger partial charge in [0.1, 0.15) is 0 Å². The lowest BCUT2D eigenvalue weighted by atomic mass is 10.2. The van der Waals surface area contributed by atoms with Crippen LogP contribution >= 0.6 is 22.9 Å². The van der Waals surface area contributed by atoms with Gasteiger partial charge in [0, 0.05) is 15.6 Å². The van der Waals surface area contributed by atoms with E-state index in [1.54, 1.807) is 24.3 Å². The molecule has 110 valence electrons. The van der Waals surface area contributed by atoms with Crippen molar-refractivity contribution < 1.29 is 4.79 Å². The minimum atomic E-state index is -0.274. The van der Waals surface area contributed by atoms with E-state index in [1.165, 1.54) is 11.3 Å². The van der Waals surface area contributed by atoms with Crippen molar-refractivity contribution in [1.82, 2.24) is 0 Å². The number of amides is 2. The number of nitrogens with one attached hydrogen (secondary N) is 2. The molecule has 2 aromatic carbocycles. The second-order valence-corrected chi connectivity index (χ2v) is 6.14. The third kappa shape index (κ3) is 3.67. The van der Waals surface area contributed by atoms with Crippen LogP contribution in [0.25, 0.3) is 10.4 Å². The summed E-state index contributed by atoms with van der Waals surface area (Å²) in [5.74, 6) is 0. The zero-order chi connectivity index (χ0) is 15.4. The van der Waals surface area contributed by atoms with Crippen LogP contribution in [0.1, 0.15) is 0 Å². The smallest absolute Gasteiger partial charge is 0.308 e. The molecule has 0 atom stereocenters. The van der Waals surface area contributed by atoms with Crippen LogP contribution < -0.4 is 10.6 Å². The first-order valence-electron chi connectivity index (χ1n) is 6.69. The Balaban J connectivity index is 1.65. The van der Waals surface area contributed by atoms with Crippen molar-refractivity contribution in [3.8, 4) is 10.4 Å². The average molecular weight is 329 g/mol. The summed E-state index contributed by atoms with van der Waals surface area (Å²) >= 11 is 7.35. The Hall–Kier alpha value is -2.30. The standard InChI is InChI=1S/C17H13ClN2OS/c18-13-6-8-14(9-7-13)19-17(21)20-16-11-10-15(22-16)12-4-2-1-3-5-12/h1-11H,(H2,19,20,21). The highest BCUT2D eigenvalue weighted by atomic mass is 35.5.